The average Bonchev–Trinajstić information content (AvgIpc) is 3.34. The van der Waals surface area contributed by atoms with E-state index in [2.05, 4.69) is 36.4 Å². The predicted octanol–water partition coefficient (Wildman–Crippen LogP) is 5.89. The first-order valence-corrected chi connectivity index (χ1v) is 14.2. The van der Waals surface area contributed by atoms with Gasteiger partial charge in [-0.05, 0) is 64.0 Å². The van der Waals surface area contributed by atoms with E-state index >= 15 is 0 Å². The number of aromatic nitrogens is 1. The Bertz CT molecular complexity index is 1530. The third kappa shape index (κ3) is 7.00. The molecule has 1 saturated heterocycles. The molecule has 1 aromatic heterocycles. The van der Waals surface area contributed by atoms with Crippen LogP contribution >= 0.6 is 27.3 Å². The van der Waals surface area contributed by atoms with E-state index in [0.717, 1.165) is 17.8 Å². The highest BCUT2D eigenvalue weighted by atomic mass is 79.9. The fourth-order valence-corrected chi connectivity index (χ4v) is 5.59. The number of carbonyl (C=O) groups is 2. The highest BCUT2D eigenvalue weighted by Crippen LogP contribution is 2.30. The van der Waals surface area contributed by atoms with Crippen LogP contribution in [0.4, 0.5) is 30.1 Å². The van der Waals surface area contributed by atoms with Gasteiger partial charge >= 0.3 is 6.03 Å². The van der Waals surface area contributed by atoms with Gasteiger partial charge in [-0.15, -0.1) is 0 Å². The summed E-state index contributed by atoms with van der Waals surface area (Å²) in [6, 6.07) is 15.5. The molecule has 0 radical (unpaired) electrons. The molecular formula is C28H26BrF2N5O3S. The Balaban J connectivity index is 1.34. The van der Waals surface area contributed by atoms with Crippen LogP contribution in [0.2, 0.25) is 0 Å². The number of hydrogen-bond donors (Lipinski definition) is 2. The molecule has 2 N–H and O–H groups in total. The van der Waals surface area contributed by atoms with E-state index in [1.54, 1.807) is 35.2 Å². The van der Waals surface area contributed by atoms with Crippen molar-refractivity contribution in [1.29, 1.82) is 0 Å². The number of nitrogens with zero attached hydrogens (tertiary/aromatic N) is 3. The summed E-state index contributed by atoms with van der Waals surface area (Å²) in [7, 11) is 0. The second-order valence-corrected chi connectivity index (χ2v) is 11.0. The monoisotopic (exact) mass is 629 g/mol. The molecule has 0 spiro atoms. The van der Waals surface area contributed by atoms with Gasteiger partial charge < -0.3 is 15.4 Å². The van der Waals surface area contributed by atoms with E-state index in [9.17, 15) is 18.4 Å². The van der Waals surface area contributed by atoms with Crippen molar-refractivity contribution in [2.45, 2.75) is 6.42 Å². The standard InChI is InChI=1S/C28H26BrF2N5O3S/c29-21-16-19(5-7-23(21)31)32-28(38)36(10-9-35-11-13-39-14-12-35)20-6-8-24-25(17-20)40-27(33-24)34-26(37)15-18-3-1-2-4-22(18)30/h1-8,16-17H,9-15H2,(H,32,38)(H,33,34,37). The maximum absolute atomic E-state index is 13.9. The Hall–Kier alpha value is -3.45. The zero-order valence-electron chi connectivity index (χ0n) is 21.3. The maximum Gasteiger partial charge on any atom is 0.326 e. The van der Waals surface area contributed by atoms with Crippen molar-refractivity contribution in [1.82, 2.24) is 9.88 Å². The number of morpholine rings is 1. The lowest BCUT2D eigenvalue weighted by Crippen LogP contribution is -2.44. The fourth-order valence-electron chi connectivity index (χ4n) is 4.29. The van der Waals surface area contributed by atoms with E-state index < -0.39 is 11.6 Å². The second-order valence-electron chi connectivity index (χ2n) is 9.15. The first kappa shape index (κ1) is 28.1. The molecule has 208 valence electrons. The Morgan fingerprint density at radius 3 is 2.60 bits per heavy atom. The SMILES string of the molecule is O=C(Cc1ccccc1F)Nc1nc2ccc(N(CCN3CCOCC3)C(=O)Nc3ccc(F)c(Br)c3)cc2s1. The van der Waals surface area contributed by atoms with Crippen LogP contribution in [-0.2, 0) is 16.0 Å². The molecule has 8 nitrogen and oxygen atoms in total. The molecule has 1 aliphatic rings. The van der Waals surface area contributed by atoms with Crippen molar-refractivity contribution in [3.8, 4) is 0 Å². The number of ether oxygens (including phenoxy) is 1. The molecule has 5 rings (SSSR count). The van der Waals surface area contributed by atoms with Crippen LogP contribution in [0.3, 0.4) is 0 Å². The Kier molecular flexibility index (Phi) is 9.00. The largest absolute Gasteiger partial charge is 0.379 e. The lowest BCUT2D eigenvalue weighted by atomic mass is 10.1. The molecule has 2 heterocycles. The van der Waals surface area contributed by atoms with Crippen LogP contribution < -0.4 is 15.5 Å². The normalized spacial score (nSPS) is 13.8. The number of thiazole rings is 1. The van der Waals surface area contributed by atoms with Crippen molar-refractivity contribution in [2.24, 2.45) is 0 Å². The molecule has 3 amide bonds. The van der Waals surface area contributed by atoms with Crippen LogP contribution in [0.5, 0.6) is 0 Å². The van der Waals surface area contributed by atoms with Gasteiger partial charge in [0.2, 0.25) is 5.91 Å². The van der Waals surface area contributed by atoms with Crippen LogP contribution in [-0.4, -0.2) is 61.2 Å². The molecule has 4 aromatic rings. The number of rotatable bonds is 8. The van der Waals surface area contributed by atoms with Crippen LogP contribution in [0.1, 0.15) is 5.56 Å². The minimum atomic E-state index is -0.435. The van der Waals surface area contributed by atoms with Gasteiger partial charge in [0.1, 0.15) is 11.6 Å². The molecule has 1 aliphatic heterocycles. The molecule has 0 bridgehead atoms. The Morgan fingerprint density at radius 2 is 1.82 bits per heavy atom. The minimum Gasteiger partial charge on any atom is -0.379 e. The molecule has 0 atom stereocenters. The van der Waals surface area contributed by atoms with Gasteiger partial charge in [0, 0.05) is 37.6 Å². The molecule has 0 unspecified atom stereocenters. The first-order chi connectivity index (χ1) is 19.4. The van der Waals surface area contributed by atoms with E-state index in [1.807, 2.05) is 6.07 Å². The van der Waals surface area contributed by atoms with Gasteiger partial charge in [-0.25, -0.2) is 18.6 Å². The molecule has 0 saturated carbocycles. The van der Waals surface area contributed by atoms with Crippen LogP contribution in [0.25, 0.3) is 10.2 Å². The number of anilines is 3. The molecule has 3 aromatic carbocycles. The number of nitrogens with one attached hydrogen (secondary N) is 2. The highest BCUT2D eigenvalue weighted by molar-refractivity contribution is 9.10. The van der Waals surface area contributed by atoms with Gasteiger partial charge in [0.05, 0.1) is 34.3 Å². The molecule has 1 fully saturated rings. The summed E-state index contributed by atoms with van der Waals surface area (Å²) in [4.78, 5) is 34.3. The zero-order valence-corrected chi connectivity index (χ0v) is 23.7. The summed E-state index contributed by atoms with van der Waals surface area (Å²) in [5.41, 5.74) is 2.06. The zero-order chi connectivity index (χ0) is 28.1. The summed E-state index contributed by atoms with van der Waals surface area (Å²) in [5.74, 6) is -1.23. The molecule has 12 heteroatoms. The predicted molar refractivity (Wildman–Crippen MR) is 156 cm³/mol. The average molecular weight is 631 g/mol. The molecular weight excluding hydrogens is 604 g/mol. The van der Waals surface area contributed by atoms with Crippen molar-refractivity contribution < 1.29 is 23.1 Å². The lowest BCUT2D eigenvalue weighted by Gasteiger charge is -2.30. The van der Waals surface area contributed by atoms with E-state index in [4.69, 9.17) is 4.74 Å². The lowest BCUT2D eigenvalue weighted by molar-refractivity contribution is -0.115. The number of halogens is 3. The number of amides is 3. The van der Waals surface area contributed by atoms with Gasteiger partial charge in [-0.2, -0.15) is 0 Å². The van der Waals surface area contributed by atoms with Gasteiger partial charge in [0.25, 0.3) is 0 Å². The quantitative estimate of drug-likeness (QED) is 0.254. The highest BCUT2D eigenvalue weighted by Gasteiger charge is 2.20. The Morgan fingerprint density at radius 1 is 1.02 bits per heavy atom. The van der Waals surface area contributed by atoms with Crippen molar-refractivity contribution in [2.75, 3.05) is 54.9 Å². The van der Waals surface area contributed by atoms with Gasteiger partial charge in [0.15, 0.2) is 5.13 Å². The topological polar surface area (TPSA) is 86.8 Å². The third-order valence-corrected chi connectivity index (χ3v) is 7.94. The maximum atomic E-state index is 13.9. The fraction of sp³-hybridized carbons (Fsp3) is 0.250. The summed E-state index contributed by atoms with van der Waals surface area (Å²) >= 11 is 4.42. The molecule has 0 aliphatic carbocycles. The number of benzene rings is 3. The number of urea groups is 1. The smallest absolute Gasteiger partial charge is 0.326 e. The van der Waals surface area contributed by atoms with Crippen LogP contribution in [0, 0.1) is 11.6 Å². The number of carbonyl (C=O) groups excluding carboxylic acids is 2. The van der Waals surface area contributed by atoms with Crippen LogP contribution in [0.15, 0.2) is 65.1 Å². The third-order valence-electron chi connectivity index (χ3n) is 6.40. The number of fused-ring (bicyclic) bond motifs is 1. The van der Waals surface area contributed by atoms with Crippen molar-refractivity contribution in [3.05, 3.63) is 82.3 Å². The minimum absolute atomic E-state index is 0.108. The van der Waals surface area contributed by atoms with Gasteiger partial charge in [-0.1, -0.05) is 29.5 Å². The summed E-state index contributed by atoms with van der Waals surface area (Å²) in [6.07, 6.45) is -0.108. The van der Waals surface area contributed by atoms with Gasteiger partial charge in [-0.3, -0.25) is 14.6 Å². The Labute approximate surface area is 242 Å². The van der Waals surface area contributed by atoms with E-state index in [1.165, 1.54) is 35.6 Å². The summed E-state index contributed by atoms with van der Waals surface area (Å²) < 4.78 is 34.1. The second kappa shape index (κ2) is 12.8. The van der Waals surface area contributed by atoms with Crippen molar-refractivity contribution >= 4 is 65.9 Å². The van der Waals surface area contributed by atoms with E-state index in [-0.39, 0.29) is 22.8 Å². The molecule has 40 heavy (non-hydrogen) atoms. The van der Waals surface area contributed by atoms with E-state index in [0.29, 0.717) is 53.9 Å². The summed E-state index contributed by atoms with van der Waals surface area (Å²) in [5, 5.41) is 5.98. The summed E-state index contributed by atoms with van der Waals surface area (Å²) in [6.45, 7) is 3.91. The van der Waals surface area contributed by atoms with Crippen molar-refractivity contribution in [3.63, 3.8) is 0 Å². The first-order valence-electron chi connectivity index (χ1n) is 12.6. The number of hydrogen-bond acceptors (Lipinski definition) is 6.